The van der Waals surface area contributed by atoms with Crippen molar-refractivity contribution in [2.24, 2.45) is 0 Å². The molecule has 2 aromatic carbocycles. The third-order valence-electron chi connectivity index (χ3n) is 4.07. The summed E-state index contributed by atoms with van der Waals surface area (Å²) in [5.41, 5.74) is 1.38. The lowest BCUT2D eigenvalue weighted by molar-refractivity contribution is -0.136. The molecule has 3 aromatic rings. The molecule has 3 rings (SSSR count). The average molecular weight is 346 g/mol. The summed E-state index contributed by atoms with van der Waals surface area (Å²) in [5.74, 6) is 0.591. The number of ether oxygens (including phenoxy) is 1. The van der Waals surface area contributed by atoms with Crippen LogP contribution in [-0.2, 0) is 6.18 Å². The molecule has 0 saturated carbocycles. The van der Waals surface area contributed by atoms with E-state index in [9.17, 15) is 13.2 Å². The van der Waals surface area contributed by atoms with E-state index in [0.29, 0.717) is 5.75 Å². The molecule has 0 aliphatic heterocycles. The fourth-order valence-electron chi connectivity index (χ4n) is 2.62. The van der Waals surface area contributed by atoms with Crippen LogP contribution in [0.2, 0.25) is 0 Å². The van der Waals surface area contributed by atoms with Crippen molar-refractivity contribution in [3.63, 3.8) is 0 Å². The summed E-state index contributed by atoms with van der Waals surface area (Å²) in [6, 6.07) is 13.1. The number of pyridine rings is 1. The van der Waals surface area contributed by atoms with Crippen LogP contribution >= 0.6 is 0 Å². The van der Waals surface area contributed by atoms with Crippen LogP contribution in [0.25, 0.3) is 10.9 Å². The minimum absolute atomic E-state index is 0.0212. The summed E-state index contributed by atoms with van der Waals surface area (Å²) >= 11 is 0. The van der Waals surface area contributed by atoms with E-state index in [4.69, 9.17) is 4.74 Å². The Morgan fingerprint density at radius 1 is 1.00 bits per heavy atom. The molecule has 1 heterocycles. The molecule has 0 saturated heterocycles. The molecule has 0 spiro atoms. The van der Waals surface area contributed by atoms with Gasteiger partial charge in [-0.25, -0.2) is 4.98 Å². The molecule has 0 atom stereocenters. The Hall–Kier alpha value is -2.76. The highest BCUT2D eigenvalue weighted by Crippen LogP contribution is 2.38. The number of nitrogens with zero attached hydrogens (tertiary/aromatic N) is 2. The molecule has 25 heavy (non-hydrogen) atoms. The van der Waals surface area contributed by atoms with Crippen molar-refractivity contribution in [1.29, 1.82) is 0 Å². The number of alkyl halides is 3. The van der Waals surface area contributed by atoms with E-state index >= 15 is 0 Å². The maximum Gasteiger partial charge on any atom is 0.417 e. The van der Waals surface area contributed by atoms with Crippen LogP contribution in [0, 0.1) is 6.92 Å². The Kier molecular flexibility index (Phi) is 4.29. The smallest absolute Gasteiger partial charge is 0.417 e. The molecule has 0 radical (unpaired) electrons. The largest absolute Gasteiger partial charge is 0.497 e. The number of hydrogen-bond donors (Lipinski definition) is 0. The van der Waals surface area contributed by atoms with Crippen molar-refractivity contribution in [3.8, 4) is 5.75 Å². The van der Waals surface area contributed by atoms with Crippen LogP contribution in [0.1, 0.15) is 11.1 Å². The van der Waals surface area contributed by atoms with Gasteiger partial charge in [0.25, 0.3) is 0 Å². The number of benzene rings is 2. The van der Waals surface area contributed by atoms with Crippen molar-refractivity contribution >= 4 is 22.4 Å². The highest BCUT2D eigenvalue weighted by molar-refractivity contribution is 5.86. The van der Waals surface area contributed by atoms with Gasteiger partial charge in [0, 0.05) is 18.1 Å². The van der Waals surface area contributed by atoms with Crippen LogP contribution in [0.15, 0.2) is 48.5 Å². The first-order valence-corrected chi connectivity index (χ1v) is 7.66. The number of aryl methyl sites for hydroxylation is 1. The van der Waals surface area contributed by atoms with Gasteiger partial charge in [0.05, 0.1) is 18.2 Å². The second-order valence-electron chi connectivity index (χ2n) is 5.80. The van der Waals surface area contributed by atoms with Crippen LogP contribution < -0.4 is 9.64 Å². The van der Waals surface area contributed by atoms with Gasteiger partial charge in [0.1, 0.15) is 11.6 Å². The Morgan fingerprint density at radius 3 is 2.28 bits per heavy atom. The number of halogens is 3. The van der Waals surface area contributed by atoms with Crippen molar-refractivity contribution in [1.82, 2.24) is 4.98 Å². The maximum absolute atomic E-state index is 13.6. The van der Waals surface area contributed by atoms with E-state index in [2.05, 4.69) is 4.98 Å². The molecular formula is C19H17F3N2O. The lowest BCUT2D eigenvalue weighted by atomic mass is 10.1. The quantitative estimate of drug-likeness (QED) is 0.640. The highest BCUT2D eigenvalue weighted by atomic mass is 19.4. The topological polar surface area (TPSA) is 25.4 Å². The van der Waals surface area contributed by atoms with E-state index in [1.165, 1.54) is 19.2 Å². The molecule has 0 aliphatic rings. The fraction of sp³-hybridized carbons (Fsp3) is 0.211. The van der Waals surface area contributed by atoms with Crippen LogP contribution in [0.3, 0.4) is 0 Å². The number of anilines is 2. The molecule has 1 aromatic heterocycles. The third kappa shape index (κ3) is 3.38. The Balaban J connectivity index is 2.18. The highest BCUT2D eigenvalue weighted by Gasteiger charge is 2.34. The fourth-order valence-corrected chi connectivity index (χ4v) is 2.62. The zero-order valence-corrected chi connectivity index (χ0v) is 14.1. The van der Waals surface area contributed by atoms with Crippen molar-refractivity contribution in [2.75, 3.05) is 19.1 Å². The van der Waals surface area contributed by atoms with Gasteiger partial charge in [-0.1, -0.05) is 17.7 Å². The van der Waals surface area contributed by atoms with Gasteiger partial charge >= 0.3 is 6.18 Å². The molecule has 130 valence electrons. The van der Waals surface area contributed by atoms with Gasteiger partial charge in [-0.05, 0) is 43.3 Å². The van der Waals surface area contributed by atoms with Gasteiger partial charge in [-0.3, -0.25) is 0 Å². The molecule has 6 heteroatoms. The molecule has 0 N–H and O–H groups in total. The molecule has 0 unspecified atom stereocenters. The van der Waals surface area contributed by atoms with E-state index in [0.717, 1.165) is 17.3 Å². The normalized spacial score (nSPS) is 11.6. The van der Waals surface area contributed by atoms with Gasteiger partial charge in [0.2, 0.25) is 0 Å². The van der Waals surface area contributed by atoms with Crippen molar-refractivity contribution < 1.29 is 17.9 Å². The maximum atomic E-state index is 13.6. The van der Waals surface area contributed by atoms with Crippen LogP contribution in [0.5, 0.6) is 5.75 Å². The summed E-state index contributed by atoms with van der Waals surface area (Å²) in [6.07, 6.45) is -4.49. The second kappa shape index (κ2) is 6.27. The van der Waals surface area contributed by atoms with Gasteiger partial charge in [-0.2, -0.15) is 13.2 Å². The number of aromatic nitrogens is 1. The molecule has 0 fully saturated rings. The summed E-state index contributed by atoms with van der Waals surface area (Å²) < 4.78 is 45.7. The Morgan fingerprint density at radius 2 is 1.68 bits per heavy atom. The number of fused-ring (bicyclic) bond motifs is 1. The summed E-state index contributed by atoms with van der Waals surface area (Å²) in [7, 11) is 3.11. The summed E-state index contributed by atoms with van der Waals surface area (Å²) in [6.45, 7) is 1.95. The summed E-state index contributed by atoms with van der Waals surface area (Å²) in [5, 5.41) is 0.0212. The SMILES string of the molecule is COc1ccc2nc(N(C)c3ccc(C)cc3)cc(C(F)(F)F)c2c1. The predicted molar refractivity (Wildman–Crippen MR) is 92.5 cm³/mol. The van der Waals surface area contributed by atoms with E-state index in [1.807, 2.05) is 31.2 Å². The number of hydrogen-bond acceptors (Lipinski definition) is 3. The monoisotopic (exact) mass is 346 g/mol. The average Bonchev–Trinajstić information content (AvgIpc) is 2.59. The van der Waals surface area contributed by atoms with E-state index < -0.39 is 11.7 Å². The minimum Gasteiger partial charge on any atom is -0.497 e. The number of methoxy groups -OCH3 is 1. The second-order valence-corrected chi connectivity index (χ2v) is 5.80. The zero-order chi connectivity index (χ0) is 18.2. The lowest BCUT2D eigenvalue weighted by Crippen LogP contribution is -2.14. The van der Waals surface area contributed by atoms with Gasteiger partial charge < -0.3 is 9.64 Å². The molecule has 0 aliphatic carbocycles. The van der Waals surface area contributed by atoms with Crippen molar-refractivity contribution in [3.05, 3.63) is 59.7 Å². The molecule has 0 amide bonds. The predicted octanol–water partition coefficient (Wildman–Crippen LogP) is 5.34. The van der Waals surface area contributed by atoms with E-state index in [1.54, 1.807) is 18.0 Å². The first kappa shape index (κ1) is 17.1. The number of rotatable bonds is 3. The van der Waals surface area contributed by atoms with Crippen molar-refractivity contribution in [2.45, 2.75) is 13.1 Å². The molecular weight excluding hydrogens is 329 g/mol. The van der Waals surface area contributed by atoms with Gasteiger partial charge in [0.15, 0.2) is 0 Å². The summed E-state index contributed by atoms with van der Waals surface area (Å²) in [4.78, 5) is 6.03. The van der Waals surface area contributed by atoms with E-state index in [-0.39, 0.29) is 16.7 Å². The Labute approximate surface area is 143 Å². The first-order valence-electron chi connectivity index (χ1n) is 7.66. The van der Waals surface area contributed by atoms with Gasteiger partial charge in [-0.15, -0.1) is 0 Å². The molecule has 0 bridgehead atoms. The van der Waals surface area contributed by atoms with Crippen LogP contribution in [0.4, 0.5) is 24.7 Å². The zero-order valence-electron chi connectivity index (χ0n) is 14.1. The first-order chi connectivity index (χ1) is 11.8. The Bertz CT molecular complexity index is 905. The van der Waals surface area contributed by atoms with Crippen LogP contribution in [-0.4, -0.2) is 19.1 Å². The standard InChI is InChI=1S/C19H17F3N2O/c1-12-4-6-13(7-5-12)24(2)18-11-16(19(20,21)22)15-10-14(25-3)8-9-17(15)23-18/h4-11H,1-3H3. The minimum atomic E-state index is -4.49. The third-order valence-corrected chi connectivity index (χ3v) is 4.07. The molecule has 3 nitrogen and oxygen atoms in total. The lowest BCUT2D eigenvalue weighted by Gasteiger charge is -2.21.